The number of carbonyl (C=O) groups excluding carboxylic acids is 1. The molecule has 25 heavy (non-hydrogen) atoms. The lowest BCUT2D eigenvalue weighted by molar-refractivity contribution is 0.101. The van der Waals surface area contributed by atoms with Gasteiger partial charge < -0.3 is 19.5 Å². The lowest BCUT2D eigenvalue weighted by Crippen LogP contribution is -2.16. The Hall–Kier alpha value is -3.35. The highest BCUT2D eigenvalue weighted by Gasteiger charge is 2.19. The first-order chi connectivity index (χ1) is 12.2. The number of ether oxygens (including phenoxy) is 3. The van der Waals surface area contributed by atoms with Gasteiger partial charge in [0, 0.05) is 6.07 Å². The number of nitrogens with one attached hydrogen (secondary N) is 1. The Morgan fingerprint density at radius 2 is 1.64 bits per heavy atom. The molecule has 0 aliphatic heterocycles. The molecule has 7 heteroatoms. The molecule has 0 radical (unpaired) electrons. The maximum atomic E-state index is 12.7. The van der Waals surface area contributed by atoms with Crippen LogP contribution in [0.15, 0.2) is 42.5 Å². The summed E-state index contributed by atoms with van der Waals surface area (Å²) in [6, 6.07) is 12.4. The first kappa shape index (κ1) is 16.5. The molecule has 1 heterocycles. The second-order valence-electron chi connectivity index (χ2n) is 5.09. The minimum absolute atomic E-state index is 0.0964. The largest absolute Gasteiger partial charge is 0.497 e. The van der Waals surface area contributed by atoms with Crippen LogP contribution in [0, 0.1) is 0 Å². The number of rotatable bonds is 5. The quantitative estimate of drug-likeness (QED) is 0.769. The first-order valence-corrected chi connectivity index (χ1v) is 7.50. The summed E-state index contributed by atoms with van der Waals surface area (Å²) in [5.41, 5.74) is 1.84. The van der Waals surface area contributed by atoms with E-state index in [0.29, 0.717) is 28.2 Å². The van der Waals surface area contributed by atoms with Crippen LogP contribution in [0.25, 0.3) is 11.0 Å². The fourth-order valence-electron chi connectivity index (χ4n) is 2.36. The average Bonchev–Trinajstić information content (AvgIpc) is 2.67. The number of benzene rings is 2. The summed E-state index contributed by atoms with van der Waals surface area (Å²) >= 11 is 0. The van der Waals surface area contributed by atoms with Gasteiger partial charge in [0.25, 0.3) is 5.91 Å². The lowest BCUT2D eigenvalue weighted by atomic mass is 10.2. The summed E-state index contributed by atoms with van der Waals surface area (Å²) in [6.07, 6.45) is 0. The number of amides is 1. The Balaban J connectivity index is 1.97. The molecule has 7 nitrogen and oxygen atoms in total. The number of para-hydroxylation sites is 2. The third kappa shape index (κ3) is 3.30. The van der Waals surface area contributed by atoms with E-state index in [4.69, 9.17) is 14.2 Å². The van der Waals surface area contributed by atoms with Crippen LogP contribution in [0.3, 0.4) is 0 Å². The molecule has 0 atom stereocenters. The zero-order chi connectivity index (χ0) is 17.8. The smallest absolute Gasteiger partial charge is 0.280 e. The standard InChI is InChI=1S/C18H17N3O4/c1-23-11-8-9-14(15(10-11)24-2)20-17(22)16-18(25-3)21-13-7-5-4-6-12(13)19-16/h4-10H,1-3H3,(H,20,22). The van der Waals surface area contributed by atoms with Gasteiger partial charge in [-0.25, -0.2) is 9.97 Å². The molecule has 0 saturated carbocycles. The number of carbonyl (C=O) groups is 1. The number of aromatic nitrogens is 2. The van der Waals surface area contributed by atoms with Crippen LogP contribution in [-0.2, 0) is 0 Å². The van der Waals surface area contributed by atoms with Gasteiger partial charge in [-0.3, -0.25) is 4.79 Å². The van der Waals surface area contributed by atoms with E-state index in [0.717, 1.165) is 0 Å². The van der Waals surface area contributed by atoms with Crippen molar-refractivity contribution in [3.8, 4) is 17.4 Å². The van der Waals surface area contributed by atoms with Gasteiger partial charge in [-0.2, -0.15) is 0 Å². The second-order valence-corrected chi connectivity index (χ2v) is 5.09. The molecule has 0 bridgehead atoms. The van der Waals surface area contributed by atoms with E-state index < -0.39 is 5.91 Å². The van der Waals surface area contributed by atoms with Crippen LogP contribution >= 0.6 is 0 Å². The average molecular weight is 339 g/mol. The second kappa shape index (κ2) is 7.04. The Bertz CT molecular complexity index is 927. The Kier molecular flexibility index (Phi) is 4.65. The van der Waals surface area contributed by atoms with Gasteiger partial charge in [0.1, 0.15) is 11.5 Å². The monoisotopic (exact) mass is 339 g/mol. The van der Waals surface area contributed by atoms with E-state index in [1.165, 1.54) is 14.2 Å². The molecule has 0 saturated heterocycles. The Morgan fingerprint density at radius 3 is 2.28 bits per heavy atom. The number of hydrogen-bond donors (Lipinski definition) is 1. The molecule has 2 aromatic carbocycles. The van der Waals surface area contributed by atoms with E-state index in [-0.39, 0.29) is 11.6 Å². The van der Waals surface area contributed by atoms with Crippen molar-refractivity contribution in [1.29, 1.82) is 0 Å². The van der Waals surface area contributed by atoms with Crippen LogP contribution in [0.2, 0.25) is 0 Å². The van der Waals surface area contributed by atoms with Gasteiger partial charge in [-0.1, -0.05) is 12.1 Å². The van der Waals surface area contributed by atoms with Crippen molar-refractivity contribution in [3.05, 3.63) is 48.2 Å². The summed E-state index contributed by atoms with van der Waals surface area (Å²) in [7, 11) is 4.52. The Labute approximate surface area is 144 Å². The van der Waals surface area contributed by atoms with E-state index in [1.54, 1.807) is 37.4 Å². The fourth-order valence-corrected chi connectivity index (χ4v) is 2.36. The molecular weight excluding hydrogens is 322 g/mol. The van der Waals surface area contributed by atoms with Gasteiger partial charge in [0.05, 0.1) is 38.1 Å². The zero-order valence-electron chi connectivity index (χ0n) is 14.1. The highest BCUT2D eigenvalue weighted by atomic mass is 16.5. The Morgan fingerprint density at radius 1 is 0.920 bits per heavy atom. The van der Waals surface area contributed by atoms with Gasteiger partial charge in [0.2, 0.25) is 5.88 Å². The fraction of sp³-hybridized carbons (Fsp3) is 0.167. The molecule has 1 amide bonds. The van der Waals surface area contributed by atoms with Crippen molar-refractivity contribution in [2.75, 3.05) is 26.6 Å². The number of hydrogen-bond acceptors (Lipinski definition) is 6. The summed E-state index contributed by atoms with van der Waals surface area (Å²) in [6.45, 7) is 0. The van der Waals surface area contributed by atoms with Crippen molar-refractivity contribution >= 4 is 22.6 Å². The third-order valence-corrected chi connectivity index (χ3v) is 3.60. The highest BCUT2D eigenvalue weighted by molar-refractivity contribution is 6.06. The summed E-state index contributed by atoms with van der Waals surface area (Å²) in [5.74, 6) is 0.806. The molecule has 128 valence electrons. The molecule has 1 N–H and O–H groups in total. The van der Waals surface area contributed by atoms with E-state index in [9.17, 15) is 4.79 Å². The predicted octanol–water partition coefficient (Wildman–Crippen LogP) is 2.91. The third-order valence-electron chi connectivity index (χ3n) is 3.60. The normalized spacial score (nSPS) is 10.4. The van der Waals surface area contributed by atoms with Gasteiger partial charge >= 0.3 is 0 Å². The predicted molar refractivity (Wildman–Crippen MR) is 93.6 cm³/mol. The van der Waals surface area contributed by atoms with Crippen LogP contribution in [0.5, 0.6) is 17.4 Å². The number of methoxy groups -OCH3 is 3. The molecule has 0 aliphatic carbocycles. The van der Waals surface area contributed by atoms with Crippen LogP contribution in [0.4, 0.5) is 5.69 Å². The zero-order valence-corrected chi connectivity index (χ0v) is 14.1. The van der Waals surface area contributed by atoms with Crippen molar-refractivity contribution in [2.24, 2.45) is 0 Å². The van der Waals surface area contributed by atoms with Crippen molar-refractivity contribution in [2.45, 2.75) is 0 Å². The lowest BCUT2D eigenvalue weighted by Gasteiger charge is -2.12. The van der Waals surface area contributed by atoms with E-state index in [2.05, 4.69) is 15.3 Å². The number of anilines is 1. The van der Waals surface area contributed by atoms with Crippen molar-refractivity contribution in [1.82, 2.24) is 9.97 Å². The summed E-state index contributed by atoms with van der Waals surface area (Å²) < 4.78 is 15.7. The van der Waals surface area contributed by atoms with E-state index in [1.807, 2.05) is 12.1 Å². The van der Waals surface area contributed by atoms with Crippen molar-refractivity contribution < 1.29 is 19.0 Å². The van der Waals surface area contributed by atoms with Gasteiger partial charge in [0.15, 0.2) is 5.69 Å². The maximum absolute atomic E-state index is 12.7. The first-order valence-electron chi connectivity index (χ1n) is 7.50. The van der Waals surface area contributed by atoms with Crippen molar-refractivity contribution in [3.63, 3.8) is 0 Å². The summed E-state index contributed by atoms with van der Waals surface area (Å²) in [5, 5.41) is 2.77. The summed E-state index contributed by atoms with van der Waals surface area (Å²) in [4.78, 5) is 21.4. The molecule has 0 aliphatic rings. The number of nitrogens with zero attached hydrogens (tertiary/aromatic N) is 2. The van der Waals surface area contributed by atoms with Gasteiger partial charge in [-0.15, -0.1) is 0 Å². The SMILES string of the molecule is COc1ccc(NC(=O)c2nc3ccccc3nc2OC)c(OC)c1. The minimum atomic E-state index is -0.446. The molecule has 3 aromatic rings. The maximum Gasteiger partial charge on any atom is 0.280 e. The molecule has 0 unspecified atom stereocenters. The molecule has 0 spiro atoms. The number of fused-ring (bicyclic) bond motifs is 1. The minimum Gasteiger partial charge on any atom is -0.497 e. The molecule has 3 rings (SSSR count). The molecule has 1 aromatic heterocycles. The van der Waals surface area contributed by atoms with Gasteiger partial charge in [-0.05, 0) is 24.3 Å². The van der Waals surface area contributed by atoms with Crippen LogP contribution in [0.1, 0.15) is 10.5 Å². The molecule has 0 fully saturated rings. The van der Waals surface area contributed by atoms with E-state index >= 15 is 0 Å². The topological polar surface area (TPSA) is 82.6 Å². The molecular formula is C18H17N3O4. The highest BCUT2D eigenvalue weighted by Crippen LogP contribution is 2.30. The van der Waals surface area contributed by atoms with Crippen LogP contribution in [-0.4, -0.2) is 37.2 Å². The van der Waals surface area contributed by atoms with Crippen LogP contribution < -0.4 is 19.5 Å².